The first-order valence-corrected chi connectivity index (χ1v) is 10.5. The van der Waals surface area contributed by atoms with Crippen molar-refractivity contribution < 1.29 is 9.59 Å². The summed E-state index contributed by atoms with van der Waals surface area (Å²) in [5.41, 5.74) is 1.28. The van der Waals surface area contributed by atoms with Crippen molar-refractivity contribution in [2.45, 2.75) is 70.9 Å². The van der Waals surface area contributed by atoms with Crippen LogP contribution in [0.1, 0.15) is 70.4 Å². The molecule has 2 N–H and O–H groups in total. The fraction of sp³-hybridized carbons (Fsp3) is 0.652. The number of benzene rings is 1. The highest BCUT2D eigenvalue weighted by atomic mass is 16.2. The largest absolute Gasteiger partial charge is 0.353 e. The molecule has 0 saturated heterocycles. The van der Waals surface area contributed by atoms with Crippen LogP contribution in [0, 0.1) is 23.2 Å². The standard InChI is InChI=1S/C23H32N2O2/c1-15(23-12-17-8-18(13-23)10-19(9-17)14-23)24-22(27)11-21(25-16(2)26)20-6-4-3-5-7-20/h3-7,15,17-19,21H,8-14H2,1-2H3,(H,24,27)(H,25,26). The van der Waals surface area contributed by atoms with E-state index in [0.717, 1.165) is 23.3 Å². The molecule has 0 aromatic heterocycles. The van der Waals surface area contributed by atoms with Gasteiger partial charge in [-0.15, -0.1) is 0 Å². The van der Waals surface area contributed by atoms with Gasteiger partial charge in [-0.2, -0.15) is 0 Å². The van der Waals surface area contributed by atoms with E-state index in [2.05, 4.69) is 17.6 Å². The first-order chi connectivity index (χ1) is 12.9. The average Bonchev–Trinajstić information content (AvgIpc) is 2.60. The van der Waals surface area contributed by atoms with Gasteiger partial charge in [-0.3, -0.25) is 9.59 Å². The molecule has 0 heterocycles. The molecule has 27 heavy (non-hydrogen) atoms. The Bertz CT molecular complexity index is 664. The number of nitrogens with one attached hydrogen (secondary N) is 2. The van der Waals surface area contributed by atoms with E-state index in [1.807, 2.05) is 30.3 Å². The zero-order valence-corrected chi connectivity index (χ0v) is 16.5. The molecule has 2 atom stereocenters. The summed E-state index contributed by atoms with van der Waals surface area (Å²) in [5.74, 6) is 2.58. The zero-order valence-electron chi connectivity index (χ0n) is 16.5. The maximum Gasteiger partial charge on any atom is 0.222 e. The summed E-state index contributed by atoms with van der Waals surface area (Å²) >= 11 is 0. The molecule has 1 aromatic rings. The summed E-state index contributed by atoms with van der Waals surface area (Å²) in [5, 5.41) is 6.26. The highest BCUT2D eigenvalue weighted by molar-refractivity contribution is 5.79. The van der Waals surface area contributed by atoms with Crippen LogP contribution in [0.4, 0.5) is 0 Å². The second-order valence-electron chi connectivity index (χ2n) is 9.44. The van der Waals surface area contributed by atoms with Gasteiger partial charge in [0.2, 0.25) is 11.8 Å². The highest BCUT2D eigenvalue weighted by Crippen LogP contribution is 2.61. The number of carbonyl (C=O) groups is 2. The van der Waals surface area contributed by atoms with Crippen molar-refractivity contribution >= 4 is 11.8 Å². The lowest BCUT2D eigenvalue weighted by molar-refractivity contribution is -0.126. The number of amides is 2. The molecule has 4 fully saturated rings. The van der Waals surface area contributed by atoms with E-state index >= 15 is 0 Å². The maximum atomic E-state index is 12.8. The van der Waals surface area contributed by atoms with Gasteiger partial charge in [-0.05, 0) is 74.2 Å². The molecule has 5 rings (SSSR count). The molecule has 2 amide bonds. The first-order valence-electron chi connectivity index (χ1n) is 10.5. The second-order valence-corrected chi connectivity index (χ2v) is 9.44. The Kier molecular flexibility index (Phi) is 5.00. The first kappa shape index (κ1) is 18.5. The molecule has 4 aliphatic rings. The minimum Gasteiger partial charge on any atom is -0.353 e. The van der Waals surface area contributed by atoms with Crippen LogP contribution in [0.25, 0.3) is 0 Å². The fourth-order valence-corrected chi connectivity index (χ4v) is 6.53. The van der Waals surface area contributed by atoms with E-state index in [1.165, 1.54) is 45.4 Å². The summed E-state index contributed by atoms with van der Waals surface area (Å²) in [7, 11) is 0. The second kappa shape index (κ2) is 7.29. The van der Waals surface area contributed by atoms with Crippen molar-refractivity contribution in [2.75, 3.05) is 0 Å². The van der Waals surface area contributed by atoms with Gasteiger partial charge in [-0.1, -0.05) is 30.3 Å². The maximum absolute atomic E-state index is 12.8. The predicted molar refractivity (Wildman–Crippen MR) is 106 cm³/mol. The predicted octanol–water partition coefficient (Wildman–Crippen LogP) is 3.98. The molecular formula is C23H32N2O2. The van der Waals surface area contributed by atoms with Crippen molar-refractivity contribution in [3.05, 3.63) is 35.9 Å². The van der Waals surface area contributed by atoms with Crippen LogP contribution < -0.4 is 10.6 Å². The summed E-state index contributed by atoms with van der Waals surface area (Å²) < 4.78 is 0. The van der Waals surface area contributed by atoms with Gasteiger partial charge in [0.05, 0.1) is 12.5 Å². The molecule has 146 valence electrons. The molecule has 4 aliphatic carbocycles. The minimum absolute atomic E-state index is 0.0425. The Balaban J connectivity index is 1.41. The molecule has 4 saturated carbocycles. The molecule has 4 bridgehead atoms. The molecular weight excluding hydrogens is 336 g/mol. The van der Waals surface area contributed by atoms with Crippen LogP contribution in [-0.2, 0) is 9.59 Å². The van der Waals surface area contributed by atoms with Crippen LogP contribution in [0.15, 0.2) is 30.3 Å². The number of hydrogen-bond acceptors (Lipinski definition) is 2. The molecule has 0 radical (unpaired) electrons. The van der Waals surface area contributed by atoms with Gasteiger partial charge in [0, 0.05) is 13.0 Å². The Labute approximate surface area is 162 Å². The third-order valence-corrected chi connectivity index (χ3v) is 7.35. The lowest BCUT2D eigenvalue weighted by atomic mass is 9.48. The van der Waals surface area contributed by atoms with Crippen molar-refractivity contribution in [2.24, 2.45) is 23.2 Å². The van der Waals surface area contributed by atoms with Gasteiger partial charge >= 0.3 is 0 Å². The Morgan fingerprint density at radius 2 is 1.56 bits per heavy atom. The van der Waals surface area contributed by atoms with Gasteiger partial charge in [-0.25, -0.2) is 0 Å². The molecule has 4 nitrogen and oxygen atoms in total. The SMILES string of the molecule is CC(=O)NC(CC(=O)NC(C)C12CC3CC(CC(C3)C1)C2)c1ccccc1. The van der Waals surface area contributed by atoms with E-state index < -0.39 is 0 Å². The van der Waals surface area contributed by atoms with Crippen LogP contribution in [-0.4, -0.2) is 17.9 Å². The van der Waals surface area contributed by atoms with Crippen molar-refractivity contribution in [1.29, 1.82) is 0 Å². The van der Waals surface area contributed by atoms with E-state index in [0.29, 0.717) is 11.8 Å². The van der Waals surface area contributed by atoms with Crippen molar-refractivity contribution in [3.63, 3.8) is 0 Å². The summed E-state index contributed by atoms with van der Waals surface area (Å²) in [6.07, 6.45) is 8.40. The number of carbonyl (C=O) groups excluding carboxylic acids is 2. The Hall–Kier alpha value is -1.84. The van der Waals surface area contributed by atoms with Gasteiger partial charge < -0.3 is 10.6 Å². The van der Waals surface area contributed by atoms with Gasteiger partial charge in [0.1, 0.15) is 0 Å². The third-order valence-electron chi connectivity index (χ3n) is 7.35. The minimum atomic E-state index is -0.271. The third kappa shape index (κ3) is 3.90. The average molecular weight is 369 g/mol. The monoisotopic (exact) mass is 368 g/mol. The summed E-state index contributed by atoms with van der Waals surface area (Å²) in [6.45, 7) is 3.72. The Morgan fingerprint density at radius 3 is 2.07 bits per heavy atom. The van der Waals surface area contributed by atoms with Crippen LogP contribution in [0.5, 0.6) is 0 Å². The van der Waals surface area contributed by atoms with E-state index in [-0.39, 0.29) is 23.9 Å². The highest BCUT2D eigenvalue weighted by Gasteiger charge is 2.53. The van der Waals surface area contributed by atoms with E-state index in [9.17, 15) is 9.59 Å². The van der Waals surface area contributed by atoms with E-state index in [4.69, 9.17) is 0 Å². The lowest BCUT2D eigenvalue weighted by Gasteiger charge is -2.59. The molecule has 4 heteroatoms. The molecule has 1 aromatic carbocycles. The van der Waals surface area contributed by atoms with Crippen LogP contribution in [0.3, 0.4) is 0 Å². The fourth-order valence-electron chi connectivity index (χ4n) is 6.53. The smallest absolute Gasteiger partial charge is 0.222 e. The topological polar surface area (TPSA) is 58.2 Å². The van der Waals surface area contributed by atoms with Crippen molar-refractivity contribution in [3.8, 4) is 0 Å². The molecule has 0 spiro atoms. The zero-order chi connectivity index (χ0) is 19.0. The van der Waals surface area contributed by atoms with Crippen LogP contribution in [0.2, 0.25) is 0 Å². The number of hydrogen-bond donors (Lipinski definition) is 2. The van der Waals surface area contributed by atoms with E-state index in [1.54, 1.807) is 0 Å². The summed E-state index contributed by atoms with van der Waals surface area (Å²) in [6, 6.07) is 9.72. The Morgan fingerprint density at radius 1 is 1.00 bits per heavy atom. The number of rotatable bonds is 6. The quantitative estimate of drug-likeness (QED) is 0.798. The lowest BCUT2D eigenvalue weighted by Crippen LogP contribution is -2.56. The molecule has 0 aliphatic heterocycles. The normalized spacial score (nSPS) is 33.3. The summed E-state index contributed by atoms with van der Waals surface area (Å²) in [4.78, 5) is 24.5. The van der Waals surface area contributed by atoms with Gasteiger partial charge in [0.25, 0.3) is 0 Å². The molecule has 2 unspecified atom stereocenters. The van der Waals surface area contributed by atoms with Crippen LogP contribution >= 0.6 is 0 Å². The van der Waals surface area contributed by atoms with Crippen molar-refractivity contribution in [1.82, 2.24) is 10.6 Å². The van der Waals surface area contributed by atoms with Gasteiger partial charge in [0.15, 0.2) is 0 Å².